The molecular formula is C18H21Cl. The van der Waals surface area contributed by atoms with E-state index in [1.54, 1.807) is 0 Å². The van der Waals surface area contributed by atoms with Crippen LogP contribution in [0.1, 0.15) is 42.5 Å². The first kappa shape index (κ1) is 14.1. The van der Waals surface area contributed by atoms with Crippen molar-refractivity contribution < 1.29 is 0 Å². The molecule has 1 heteroatoms. The molecule has 0 saturated heterocycles. The third-order valence-electron chi connectivity index (χ3n) is 3.40. The van der Waals surface area contributed by atoms with Crippen LogP contribution in [-0.2, 0) is 19.3 Å². The molecule has 0 fully saturated rings. The van der Waals surface area contributed by atoms with Gasteiger partial charge in [0, 0.05) is 5.02 Å². The second kappa shape index (κ2) is 6.77. The Hall–Kier alpha value is -1.27. The van der Waals surface area contributed by atoms with Crippen LogP contribution in [0.15, 0.2) is 42.5 Å². The molecule has 2 aromatic rings. The molecule has 0 aliphatic rings. The Labute approximate surface area is 121 Å². The van der Waals surface area contributed by atoms with Crippen molar-refractivity contribution in [3.63, 3.8) is 0 Å². The van der Waals surface area contributed by atoms with E-state index in [-0.39, 0.29) is 0 Å². The zero-order chi connectivity index (χ0) is 13.7. The molecular weight excluding hydrogens is 252 g/mol. The first-order chi connectivity index (χ1) is 9.21. The summed E-state index contributed by atoms with van der Waals surface area (Å²) < 4.78 is 0. The molecule has 0 amide bonds. The first-order valence-corrected chi connectivity index (χ1v) is 7.45. The number of hydrogen-bond acceptors (Lipinski definition) is 0. The van der Waals surface area contributed by atoms with Gasteiger partial charge >= 0.3 is 0 Å². The van der Waals surface area contributed by atoms with Crippen molar-refractivity contribution in [2.45, 2.75) is 39.5 Å². The number of hydrogen-bond donors (Lipinski definition) is 0. The summed E-state index contributed by atoms with van der Waals surface area (Å²) in [6.45, 7) is 4.38. The first-order valence-electron chi connectivity index (χ1n) is 7.07. The monoisotopic (exact) mass is 272 g/mol. The van der Waals surface area contributed by atoms with Gasteiger partial charge in [-0.25, -0.2) is 0 Å². The smallest absolute Gasteiger partial charge is 0.0411 e. The summed E-state index contributed by atoms with van der Waals surface area (Å²) in [7, 11) is 0. The zero-order valence-corrected chi connectivity index (χ0v) is 12.5. The van der Waals surface area contributed by atoms with Crippen LogP contribution in [0.5, 0.6) is 0 Å². The molecule has 0 N–H and O–H groups in total. The fourth-order valence-electron chi connectivity index (χ4n) is 2.38. The standard InChI is InChI=1S/C18H21Cl/c1-3-5-16-11-17(13-18(19)12-16)10-15-8-6-14(4-2)7-9-15/h6-9,11-13H,3-5,10H2,1-2H3. The van der Waals surface area contributed by atoms with Gasteiger partial charge in [0.2, 0.25) is 0 Å². The summed E-state index contributed by atoms with van der Waals surface area (Å²) in [6, 6.07) is 15.3. The fraction of sp³-hybridized carbons (Fsp3) is 0.333. The molecule has 2 rings (SSSR count). The van der Waals surface area contributed by atoms with Gasteiger partial charge in [0.25, 0.3) is 0 Å². The van der Waals surface area contributed by atoms with E-state index in [1.807, 2.05) is 0 Å². The molecule has 0 nitrogen and oxygen atoms in total. The Morgan fingerprint density at radius 3 is 2.05 bits per heavy atom. The Morgan fingerprint density at radius 2 is 1.42 bits per heavy atom. The molecule has 19 heavy (non-hydrogen) atoms. The normalized spacial score (nSPS) is 10.7. The highest BCUT2D eigenvalue weighted by atomic mass is 35.5. The van der Waals surface area contributed by atoms with Gasteiger partial charge in [0.1, 0.15) is 0 Å². The van der Waals surface area contributed by atoms with Crippen LogP contribution >= 0.6 is 11.6 Å². The van der Waals surface area contributed by atoms with Gasteiger partial charge in [0.15, 0.2) is 0 Å². The second-order valence-electron chi connectivity index (χ2n) is 5.06. The highest BCUT2D eigenvalue weighted by Crippen LogP contribution is 2.19. The van der Waals surface area contributed by atoms with E-state index in [9.17, 15) is 0 Å². The van der Waals surface area contributed by atoms with E-state index < -0.39 is 0 Å². The lowest BCUT2D eigenvalue weighted by Crippen LogP contribution is -1.92. The Bertz CT molecular complexity index is 526. The number of aryl methyl sites for hydroxylation is 2. The molecule has 100 valence electrons. The topological polar surface area (TPSA) is 0 Å². The number of benzene rings is 2. The van der Waals surface area contributed by atoms with Gasteiger partial charge in [-0.05, 0) is 53.6 Å². The maximum absolute atomic E-state index is 6.20. The van der Waals surface area contributed by atoms with E-state index in [4.69, 9.17) is 11.6 Å². The average Bonchev–Trinajstić information content (AvgIpc) is 2.39. The summed E-state index contributed by atoms with van der Waals surface area (Å²) in [5.74, 6) is 0. The van der Waals surface area contributed by atoms with Crippen molar-refractivity contribution in [1.82, 2.24) is 0 Å². The average molecular weight is 273 g/mol. The van der Waals surface area contributed by atoms with Crippen LogP contribution in [0.4, 0.5) is 0 Å². The molecule has 0 aliphatic heterocycles. The van der Waals surface area contributed by atoms with E-state index >= 15 is 0 Å². The van der Waals surface area contributed by atoms with Crippen molar-refractivity contribution in [2.24, 2.45) is 0 Å². The van der Waals surface area contributed by atoms with Crippen LogP contribution in [0.2, 0.25) is 5.02 Å². The lowest BCUT2D eigenvalue weighted by Gasteiger charge is -2.07. The largest absolute Gasteiger partial charge is 0.0843 e. The van der Waals surface area contributed by atoms with Crippen LogP contribution in [0, 0.1) is 0 Å². The molecule has 0 bridgehead atoms. The molecule has 0 atom stereocenters. The maximum Gasteiger partial charge on any atom is 0.0411 e. The molecule has 2 aromatic carbocycles. The van der Waals surface area contributed by atoms with Gasteiger partial charge in [-0.15, -0.1) is 0 Å². The lowest BCUT2D eigenvalue weighted by atomic mass is 10.00. The molecule has 0 heterocycles. The van der Waals surface area contributed by atoms with Gasteiger partial charge in [-0.1, -0.05) is 62.2 Å². The van der Waals surface area contributed by atoms with Crippen molar-refractivity contribution in [3.05, 3.63) is 69.7 Å². The number of halogens is 1. The Kier molecular flexibility index (Phi) is 5.04. The maximum atomic E-state index is 6.20. The molecule has 0 spiro atoms. The molecule has 0 aromatic heterocycles. The van der Waals surface area contributed by atoms with Crippen molar-refractivity contribution in [2.75, 3.05) is 0 Å². The van der Waals surface area contributed by atoms with Crippen molar-refractivity contribution in [1.29, 1.82) is 0 Å². The van der Waals surface area contributed by atoms with E-state index in [2.05, 4.69) is 56.3 Å². The Balaban J connectivity index is 2.17. The second-order valence-corrected chi connectivity index (χ2v) is 5.50. The van der Waals surface area contributed by atoms with Gasteiger partial charge < -0.3 is 0 Å². The molecule has 0 radical (unpaired) electrons. The van der Waals surface area contributed by atoms with E-state index in [1.165, 1.54) is 22.3 Å². The van der Waals surface area contributed by atoms with Crippen LogP contribution in [0.25, 0.3) is 0 Å². The van der Waals surface area contributed by atoms with Crippen LogP contribution in [-0.4, -0.2) is 0 Å². The predicted molar refractivity (Wildman–Crippen MR) is 84.1 cm³/mol. The summed E-state index contributed by atoms with van der Waals surface area (Å²) in [6.07, 6.45) is 4.31. The van der Waals surface area contributed by atoms with Gasteiger partial charge in [0.05, 0.1) is 0 Å². The van der Waals surface area contributed by atoms with Crippen molar-refractivity contribution in [3.8, 4) is 0 Å². The minimum atomic E-state index is 0.853. The number of rotatable bonds is 5. The van der Waals surface area contributed by atoms with Crippen LogP contribution < -0.4 is 0 Å². The van der Waals surface area contributed by atoms with Gasteiger partial charge in [-0.2, -0.15) is 0 Å². The quantitative estimate of drug-likeness (QED) is 0.679. The highest BCUT2D eigenvalue weighted by Gasteiger charge is 2.01. The summed E-state index contributed by atoms with van der Waals surface area (Å²) >= 11 is 6.20. The minimum absolute atomic E-state index is 0.853. The highest BCUT2D eigenvalue weighted by molar-refractivity contribution is 6.30. The third-order valence-corrected chi connectivity index (χ3v) is 3.61. The SMILES string of the molecule is CCCc1cc(Cl)cc(Cc2ccc(CC)cc2)c1. The summed E-state index contributed by atoms with van der Waals surface area (Å²) in [4.78, 5) is 0. The molecule has 0 saturated carbocycles. The van der Waals surface area contributed by atoms with Crippen molar-refractivity contribution >= 4 is 11.6 Å². The third kappa shape index (κ3) is 4.11. The lowest BCUT2D eigenvalue weighted by molar-refractivity contribution is 0.918. The minimum Gasteiger partial charge on any atom is -0.0843 e. The van der Waals surface area contributed by atoms with E-state index in [0.717, 1.165) is 30.7 Å². The van der Waals surface area contributed by atoms with Gasteiger partial charge in [-0.3, -0.25) is 0 Å². The predicted octanol–water partition coefficient (Wildman–Crippen LogP) is 5.45. The zero-order valence-electron chi connectivity index (χ0n) is 11.7. The van der Waals surface area contributed by atoms with Crippen LogP contribution in [0.3, 0.4) is 0 Å². The van der Waals surface area contributed by atoms with E-state index in [0.29, 0.717) is 0 Å². The summed E-state index contributed by atoms with van der Waals surface area (Å²) in [5.41, 5.74) is 5.39. The fourth-order valence-corrected chi connectivity index (χ4v) is 2.66. The molecule has 0 unspecified atom stereocenters. The molecule has 0 aliphatic carbocycles. The summed E-state index contributed by atoms with van der Waals surface area (Å²) in [5, 5.41) is 0.853. The Morgan fingerprint density at radius 1 is 0.789 bits per heavy atom.